The highest BCUT2D eigenvalue weighted by atomic mass is 35.5. The average Bonchev–Trinajstić information content (AvgIpc) is 3.23. The summed E-state index contributed by atoms with van der Waals surface area (Å²) in [5, 5.41) is 10.8. The standard InChI is InChI=1S/C18H21N5OS.2ClH/c1-11-10-23(7-6-19-11)18(24)13-9-14(15-5-4-8-25-15)20-17-16(13)12(2)21-22(17)3;;/h4-5,8-9,11,19H,6-7,10H2,1-3H3;2*1H. The average molecular weight is 428 g/mol. The number of pyridine rings is 1. The summed E-state index contributed by atoms with van der Waals surface area (Å²) >= 11 is 1.63. The van der Waals surface area contributed by atoms with Crippen LogP contribution in [-0.2, 0) is 7.05 Å². The second kappa shape index (κ2) is 8.56. The first-order chi connectivity index (χ1) is 12.0. The van der Waals surface area contributed by atoms with Crippen LogP contribution in [0.2, 0.25) is 0 Å². The number of hydrogen-bond donors (Lipinski definition) is 1. The number of aryl methyl sites for hydroxylation is 2. The molecule has 0 spiro atoms. The van der Waals surface area contributed by atoms with E-state index in [2.05, 4.69) is 17.3 Å². The van der Waals surface area contributed by atoms with Gasteiger partial charge >= 0.3 is 0 Å². The van der Waals surface area contributed by atoms with Gasteiger partial charge in [0.15, 0.2) is 5.65 Å². The minimum atomic E-state index is 0. The second-order valence-corrected chi connectivity index (χ2v) is 7.49. The molecule has 9 heteroatoms. The van der Waals surface area contributed by atoms with Crippen molar-refractivity contribution in [2.75, 3.05) is 19.6 Å². The van der Waals surface area contributed by atoms with Crippen molar-refractivity contribution < 1.29 is 4.79 Å². The van der Waals surface area contributed by atoms with Crippen molar-refractivity contribution in [2.45, 2.75) is 19.9 Å². The molecule has 1 saturated heterocycles. The van der Waals surface area contributed by atoms with Gasteiger partial charge in [-0.25, -0.2) is 4.98 Å². The quantitative estimate of drug-likeness (QED) is 0.681. The number of hydrogen-bond acceptors (Lipinski definition) is 5. The van der Waals surface area contributed by atoms with Crippen molar-refractivity contribution >= 4 is 53.1 Å². The van der Waals surface area contributed by atoms with Gasteiger partial charge in [0.2, 0.25) is 0 Å². The number of thiophene rings is 1. The van der Waals surface area contributed by atoms with Crippen LogP contribution in [0, 0.1) is 6.92 Å². The molecule has 1 fully saturated rings. The van der Waals surface area contributed by atoms with Crippen LogP contribution >= 0.6 is 36.2 Å². The maximum absolute atomic E-state index is 13.3. The van der Waals surface area contributed by atoms with Gasteiger partial charge in [-0.05, 0) is 31.4 Å². The highest BCUT2D eigenvalue weighted by Gasteiger charge is 2.26. The zero-order valence-electron chi connectivity index (χ0n) is 15.4. The summed E-state index contributed by atoms with van der Waals surface area (Å²) in [6.07, 6.45) is 0. The van der Waals surface area contributed by atoms with Crippen LogP contribution < -0.4 is 5.32 Å². The lowest BCUT2D eigenvalue weighted by Gasteiger charge is -2.32. The molecular weight excluding hydrogens is 405 g/mol. The SMILES string of the molecule is Cc1nn(C)c2nc(-c3cccs3)cc(C(=O)N3CCNC(C)C3)c12.Cl.Cl. The van der Waals surface area contributed by atoms with Gasteiger partial charge in [0, 0.05) is 32.7 Å². The van der Waals surface area contributed by atoms with Gasteiger partial charge in [-0.2, -0.15) is 5.10 Å². The van der Waals surface area contributed by atoms with Crippen LogP contribution in [0.3, 0.4) is 0 Å². The third-order valence-corrected chi connectivity index (χ3v) is 5.52. The first kappa shape index (κ1) is 21.6. The van der Waals surface area contributed by atoms with E-state index in [1.165, 1.54) is 0 Å². The molecule has 27 heavy (non-hydrogen) atoms. The summed E-state index contributed by atoms with van der Waals surface area (Å²) in [7, 11) is 1.88. The van der Waals surface area contributed by atoms with E-state index in [0.717, 1.165) is 46.9 Å². The minimum Gasteiger partial charge on any atom is -0.336 e. The van der Waals surface area contributed by atoms with Gasteiger partial charge in [0.1, 0.15) is 0 Å². The summed E-state index contributed by atoms with van der Waals surface area (Å²) in [4.78, 5) is 21.0. The Kier molecular flexibility index (Phi) is 6.86. The van der Waals surface area contributed by atoms with E-state index in [0.29, 0.717) is 11.6 Å². The number of amides is 1. The van der Waals surface area contributed by atoms with E-state index in [1.54, 1.807) is 16.0 Å². The zero-order valence-corrected chi connectivity index (χ0v) is 17.9. The van der Waals surface area contributed by atoms with Gasteiger partial charge in [-0.1, -0.05) is 6.07 Å². The number of carbonyl (C=O) groups is 1. The second-order valence-electron chi connectivity index (χ2n) is 6.55. The molecule has 1 unspecified atom stereocenters. The Morgan fingerprint density at radius 2 is 2.15 bits per heavy atom. The topological polar surface area (TPSA) is 63.1 Å². The fraction of sp³-hybridized carbons (Fsp3) is 0.389. The normalized spacial score (nSPS) is 16.7. The van der Waals surface area contributed by atoms with Crippen molar-refractivity contribution in [3.05, 3.63) is 34.8 Å². The molecule has 146 valence electrons. The van der Waals surface area contributed by atoms with Crippen LogP contribution in [0.4, 0.5) is 0 Å². The molecule has 1 aliphatic rings. The molecule has 4 rings (SSSR count). The molecule has 0 radical (unpaired) electrons. The predicted octanol–water partition coefficient (Wildman–Crippen LogP) is 3.28. The number of nitrogens with zero attached hydrogens (tertiary/aromatic N) is 4. The lowest BCUT2D eigenvalue weighted by Crippen LogP contribution is -2.51. The highest BCUT2D eigenvalue weighted by molar-refractivity contribution is 7.13. The maximum atomic E-state index is 13.3. The number of aromatic nitrogens is 3. The molecule has 4 heterocycles. The smallest absolute Gasteiger partial charge is 0.254 e. The fourth-order valence-electron chi connectivity index (χ4n) is 3.45. The molecule has 3 aromatic heterocycles. The fourth-order valence-corrected chi connectivity index (χ4v) is 4.14. The number of carbonyl (C=O) groups excluding carboxylic acids is 1. The lowest BCUT2D eigenvalue weighted by molar-refractivity contribution is 0.0711. The molecule has 6 nitrogen and oxygen atoms in total. The van der Waals surface area contributed by atoms with Gasteiger partial charge in [-0.15, -0.1) is 36.2 Å². The Morgan fingerprint density at radius 1 is 1.37 bits per heavy atom. The van der Waals surface area contributed by atoms with Gasteiger partial charge < -0.3 is 10.2 Å². The van der Waals surface area contributed by atoms with Gasteiger partial charge in [0.05, 0.1) is 27.2 Å². The number of rotatable bonds is 2. The van der Waals surface area contributed by atoms with Crippen LogP contribution in [-0.4, -0.2) is 51.2 Å². The first-order valence-electron chi connectivity index (χ1n) is 8.45. The van der Waals surface area contributed by atoms with Crippen LogP contribution in [0.5, 0.6) is 0 Å². The molecule has 3 aromatic rings. The van der Waals surface area contributed by atoms with Gasteiger partial charge in [0.25, 0.3) is 5.91 Å². The molecule has 0 aliphatic carbocycles. The Labute approximate surface area is 174 Å². The zero-order chi connectivity index (χ0) is 17.6. The number of piperazine rings is 1. The van der Waals surface area contributed by atoms with Crippen molar-refractivity contribution in [1.29, 1.82) is 0 Å². The highest BCUT2D eigenvalue weighted by Crippen LogP contribution is 2.30. The minimum absolute atomic E-state index is 0. The van der Waals surface area contributed by atoms with E-state index in [1.807, 2.05) is 42.5 Å². The molecular formula is C18H23Cl2N5OS. The molecule has 1 amide bonds. The molecule has 0 saturated carbocycles. The Balaban J connectivity index is 0.00000131. The van der Waals surface area contributed by atoms with E-state index < -0.39 is 0 Å². The molecule has 1 aliphatic heterocycles. The Bertz CT molecular complexity index is 941. The van der Waals surface area contributed by atoms with E-state index >= 15 is 0 Å². The van der Waals surface area contributed by atoms with Crippen LogP contribution in [0.1, 0.15) is 23.0 Å². The summed E-state index contributed by atoms with van der Waals surface area (Å²) in [6, 6.07) is 6.27. The molecule has 1 atom stereocenters. The van der Waals surface area contributed by atoms with E-state index in [4.69, 9.17) is 4.98 Å². The summed E-state index contributed by atoms with van der Waals surface area (Å²) in [6.45, 7) is 6.31. The molecule has 0 bridgehead atoms. The lowest BCUT2D eigenvalue weighted by atomic mass is 10.1. The van der Waals surface area contributed by atoms with Crippen molar-refractivity contribution in [3.8, 4) is 10.6 Å². The number of halogens is 2. The molecule has 1 N–H and O–H groups in total. The van der Waals surface area contributed by atoms with Crippen LogP contribution in [0.25, 0.3) is 21.6 Å². The predicted molar refractivity (Wildman–Crippen MR) is 114 cm³/mol. The van der Waals surface area contributed by atoms with Crippen molar-refractivity contribution in [1.82, 2.24) is 25.0 Å². The van der Waals surface area contributed by atoms with Gasteiger partial charge in [-0.3, -0.25) is 9.48 Å². The third-order valence-electron chi connectivity index (χ3n) is 4.63. The Hall–Kier alpha value is -1.67. The van der Waals surface area contributed by atoms with Crippen LogP contribution in [0.15, 0.2) is 23.6 Å². The summed E-state index contributed by atoms with van der Waals surface area (Å²) in [5.41, 5.74) is 3.13. The first-order valence-corrected chi connectivity index (χ1v) is 9.33. The summed E-state index contributed by atoms with van der Waals surface area (Å²) < 4.78 is 1.76. The number of nitrogens with one attached hydrogen (secondary N) is 1. The van der Waals surface area contributed by atoms with E-state index in [9.17, 15) is 4.79 Å². The maximum Gasteiger partial charge on any atom is 0.254 e. The van der Waals surface area contributed by atoms with E-state index in [-0.39, 0.29) is 30.7 Å². The monoisotopic (exact) mass is 427 g/mol. The molecule has 0 aromatic carbocycles. The third kappa shape index (κ3) is 3.96. The van der Waals surface area contributed by atoms with Crippen molar-refractivity contribution in [2.24, 2.45) is 7.05 Å². The Morgan fingerprint density at radius 3 is 2.81 bits per heavy atom. The largest absolute Gasteiger partial charge is 0.336 e. The van der Waals surface area contributed by atoms with Crippen molar-refractivity contribution in [3.63, 3.8) is 0 Å². The summed E-state index contributed by atoms with van der Waals surface area (Å²) in [5.74, 6) is 0.0645. The number of fused-ring (bicyclic) bond motifs is 1.